The van der Waals surface area contributed by atoms with Crippen molar-refractivity contribution in [1.29, 1.82) is 0 Å². The summed E-state index contributed by atoms with van der Waals surface area (Å²) in [5, 5.41) is 3.06. The first-order valence-electron chi connectivity index (χ1n) is 10.5. The molecule has 0 spiro atoms. The van der Waals surface area contributed by atoms with Gasteiger partial charge in [-0.05, 0) is 39.7 Å². The first-order valence-corrected chi connectivity index (χ1v) is 10.5. The Morgan fingerprint density at radius 2 is 1.72 bits per heavy atom. The summed E-state index contributed by atoms with van der Waals surface area (Å²) in [5.74, 6) is 1.83. The molecule has 2 amide bonds. The van der Waals surface area contributed by atoms with Gasteiger partial charge in [-0.15, -0.1) is 0 Å². The van der Waals surface area contributed by atoms with Crippen LogP contribution in [0.15, 0.2) is 30.3 Å². The van der Waals surface area contributed by atoms with Gasteiger partial charge in [0.05, 0.1) is 0 Å². The lowest BCUT2D eigenvalue weighted by atomic mass is 10.0. The van der Waals surface area contributed by atoms with Crippen molar-refractivity contribution in [3.63, 3.8) is 0 Å². The van der Waals surface area contributed by atoms with E-state index in [4.69, 9.17) is 9.97 Å². The lowest BCUT2D eigenvalue weighted by Crippen LogP contribution is -2.55. The van der Waals surface area contributed by atoms with E-state index in [1.54, 1.807) is 0 Å². The molecule has 3 rings (SSSR count). The average molecular weight is 396 g/mol. The molecule has 0 aliphatic carbocycles. The molecule has 1 fully saturated rings. The molecule has 1 N–H and O–H groups in total. The van der Waals surface area contributed by atoms with Crippen molar-refractivity contribution in [2.45, 2.75) is 53.0 Å². The Labute approximate surface area is 174 Å². The van der Waals surface area contributed by atoms with Gasteiger partial charge in [-0.1, -0.05) is 37.3 Å². The lowest BCUT2D eigenvalue weighted by molar-refractivity contribution is 0.185. The number of anilines is 1. The SMILES string of the molecule is CCc1nc(C)nc(N2CCN(C(=O)NC(C)(C)C)CC2)c1Cc1ccccc1. The van der Waals surface area contributed by atoms with Gasteiger partial charge in [0, 0.05) is 49.4 Å². The number of hydrogen-bond acceptors (Lipinski definition) is 4. The number of benzene rings is 1. The van der Waals surface area contributed by atoms with Crippen LogP contribution in [0.4, 0.5) is 10.6 Å². The van der Waals surface area contributed by atoms with E-state index >= 15 is 0 Å². The number of nitrogens with zero attached hydrogens (tertiary/aromatic N) is 4. The van der Waals surface area contributed by atoms with Crippen LogP contribution in [0.2, 0.25) is 0 Å². The van der Waals surface area contributed by atoms with E-state index in [-0.39, 0.29) is 11.6 Å². The summed E-state index contributed by atoms with van der Waals surface area (Å²) in [6.07, 6.45) is 1.71. The van der Waals surface area contributed by atoms with Crippen molar-refractivity contribution in [2.75, 3.05) is 31.1 Å². The first-order chi connectivity index (χ1) is 13.8. The van der Waals surface area contributed by atoms with Crippen LogP contribution in [0.5, 0.6) is 0 Å². The molecule has 1 saturated heterocycles. The zero-order valence-corrected chi connectivity index (χ0v) is 18.3. The maximum Gasteiger partial charge on any atom is 0.317 e. The first kappa shape index (κ1) is 21.1. The van der Waals surface area contributed by atoms with Crippen molar-refractivity contribution in [3.05, 3.63) is 53.0 Å². The zero-order valence-electron chi connectivity index (χ0n) is 18.3. The van der Waals surface area contributed by atoms with Crippen LogP contribution in [0.1, 0.15) is 50.3 Å². The molecule has 156 valence electrons. The molecule has 0 atom stereocenters. The maximum absolute atomic E-state index is 12.5. The van der Waals surface area contributed by atoms with E-state index in [9.17, 15) is 4.79 Å². The second-order valence-electron chi connectivity index (χ2n) is 8.69. The predicted octanol–water partition coefficient (Wildman–Crippen LogP) is 3.57. The van der Waals surface area contributed by atoms with Crippen molar-refractivity contribution in [3.8, 4) is 0 Å². The van der Waals surface area contributed by atoms with Gasteiger partial charge in [-0.2, -0.15) is 0 Å². The van der Waals surface area contributed by atoms with Crippen LogP contribution in [-0.4, -0.2) is 52.6 Å². The minimum Gasteiger partial charge on any atom is -0.353 e. The van der Waals surface area contributed by atoms with Gasteiger partial charge in [0.15, 0.2) is 0 Å². The van der Waals surface area contributed by atoms with E-state index in [0.29, 0.717) is 13.1 Å². The van der Waals surface area contributed by atoms with Gasteiger partial charge < -0.3 is 15.1 Å². The number of carbonyl (C=O) groups is 1. The van der Waals surface area contributed by atoms with Crippen LogP contribution in [0, 0.1) is 6.92 Å². The molecule has 1 aromatic carbocycles. The van der Waals surface area contributed by atoms with E-state index in [1.807, 2.05) is 38.7 Å². The van der Waals surface area contributed by atoms with Crippen molar-refractivity contribution in [1.82, 2.24) is 20.2 Å². The number of amides is 2. The summed E-state index contributed by atoms with van der Waals surface area (Å²) in [4.78, 5) is 26.2. The lowest BCUT2D eigenvalue weighted by Gasteiger charge is -2.37. The Morgan fingerprint density at radius 3 is 2.31 bits per heavy atom. The molecule has 2 aromatic rings. The Bertz CT molecular complexity index is 836. The predicted molar refractivity (Wildman–Crippen MR) is 117 cm³/mol. The molecule has 0 radical (unpaired) electrons. The third-order valence-corrected chi connectivity index (χ3v) is 5.09. The molecule has 1 aliphatic rings. The second kappa shape index (κ2) is 8.80. The molecule has 6 nitrogen and oxygen atoms in total. The molecule has 0 unspecified atom stereocenters. The quantitative estimate of drug-likeness (QED) is 0.860. The monoisotopic (exact) mass is 395 g/mol. The molecule has 1 aliphatic heterocycles. The van der Waals surface area contributed by atoms with Gasteiger partial charge in [-0.3, -0.25) is 0 Å². The number of rotatable bonds is 4. The Hall–Kier alpha value is -2.63. The van der Waals surface area contributed by atoms with E-state index < -0.39 is 0 Å². The number of hydrogen-bond donors (Lipinski definition) is 1. The molecule has 0 saturated carbocycles. The molecular formula is C23H33N5O. The normalized spacial score (nSPS) is 14.8. The number of aryl methyl sites for hydroxylation is 2. The summed E-state index contributed by atoms with van der Waals surface area (Å²) >= 11 is 0. The molecular weight excluding hydrogens is 362 g/mol. The minimum absolute atomic E-state index is 0.00905. The summed E-state index contributed by atoms with van der Waals surface area (Å²) in [5.41, 5.74) is 3.36. The average Bonchev–Trinajstić information content (AvgIpc) is 2.68. The van der Waals surface area contributed by atoms with Gasteiger partial charge in [0.2, 0.25) is 0 Å². The summed E-state index contributed by atoms with van der Waals surface area (Å²) in [6, 6.07) is 10.5. The zero-order chi connectivity index (χ0) is 21.0. The van der Waals surface area contributed by atoms with Gasteiger partial charge in [0.1, 0.15) is 11.6 Å². The highest BCUT2D eigenvalue weighted by Crippen LogP contribution is 2.26. The molecule has 6 heteroatoms. The third-order valence-electron chi connectivity index (χ3n) is 5.09. The van der Waals surface area contributed by atoms with Crippen LogP contribution in [0.3, 0.4) is 0 Å². The van der Waals surface area contributed by atoms with Gasteiger partial charge in [0.25, 0.3) is 0 Å². The van der Waals surface area contributed by atoms with Crippen LogP contribution in [-0.2, 0) is 12.8 Å². The number of nitrogens with one attached hydrogen (secondary N) is 1. The van der Waals surface area contributed by atoms with Crippen LogP contribution in [0.25, 0.3) is 0 Å². The molecule has 2 heterocycles. The number of urea groups is 1. The minimum atomic E-state index is -0.225. The Kier molecular flexibility index (Phi) is 6.40. The highest BCUT2D eigenvalue weighted by Gasteiger charge is 2.26. The van der Waals surface area contributed by atoms with Gasteiger partial charge >= 0.3 is 6.03 Å². The fraction of sp³-hybridized carbons (Fsp3) is 0.522. The maximum atomic E-state index is 12.5. The largest absolute Gasteiger partial charge is 0.353 e. The smallest absolute Gasteiger partial charge is 0.317 e. The fourth-order valence-electron chi connectivity index (χ4n) is 3.69. The van der Waals surface area contributed by atoms with E-state index in [2.05, 4.69) is 41.4 Å². The standard InChI is InChI=1S/C23H33N5O/c1-6-20-19(16-18-10-8-7-9-11-18)21(25-17(2)24-20)27-12-14-28(15-13-27)22(29)26-23(3,4)5/h7-11H,6,12-16H2,1-5H3,(H,26,29). The third kappa shape index (κ3) is 5.46. The highest BCUT2D eigenvalue weighted by atomic mass is 16.2. The molecule has 29 heavy (non-hydrogen) atoms. The molecule has 1 aromatic heterocycles. The van der Waals surface area contributed by atoms with Crippen molar-refractivity contribution >= 4 is 11.8 Å². The summed E-state index contributed by atoms with van der Waals surface area (Å²) in [7, 11) is 0. The Morgan fingerprint density at radius 1 is 1.07 bits per heavy atom. The highest BCUT2D eigenvalue weighted by molar-refractivity contribution is 5.75. The molecule has 0 bridgehead atoms. The van der Waals surface area contributed by atoms with Crippen molar-refractivity contribution < 1.29 is 4.79 Å². The number of aromatic nitrogens is 2. The Balaban J connectivity index is 1.80. The number of piperazine rings is 1. The van der Waals surface area contributed by atoms with E-state index in [1.165, 1.54) is 11.1 Å². The van der Waals surface area contributed by atoms with Crippen LogP contribution >= 0.6 is 0 Å². The topological polar surface area (TPSA) is 61.4 Å². The summed E-state index contributed by atoms with van der Waals surface area (Å²) in [6.45, 7) is 13.1. The second-order valence-corrected chi connectivity index (χ2v) is 8.69. The van der Waals surface area contributed by atoms with Crippen molar-refractivity contribution in [2.24, 2.45) is 0 Å². The fourth-order valence-corrected chi connectivity index (χ4v) is 3.69. The van der Waals surface area contributed by atoms with E-state index in [0.717, 1.165) is 43.3 Å². The van der Waals surface area contributed by atoms with Gasteiger partial charge in [-0.25, -0.2) is 14.8 Å². The van der Waals surface area contributed by atoms with Crippen LogP contribution < -0.4 is 10.2 Å². The summed E-state index contributed by atoms with van der Waals surface area (Å²) < 4.78 is 0. The number of carbonyl (C=O) groups excluding carboxylic acids is 1.